The molecular formula is C17H20N4O. The zero-order chi connectivity index (χ0) is 15.1. The van der Waals surface area contributed by atoms with Gasteiger partial charge >= 0.3 is 0 Å². The highest BCUT2D eigenvalue weighted by molar-refractivity contribution is 5.81. The van der Waals surface area contributed by atoms with Crippen molar-refractivity contribution in [1.82, 2.24) is 14.5 Å². The molecule has 5 nitrogen and oxygen atoms in total. The maximum atomic E-state index is 5.66. The largest absolute Gasteiger partial charge is 0.424 e. The quantitative estimate of drug-likeness (QED) is 0.799. The standard InChI is InChI=1S/C17H20N4O/c1-3-18-17-19-13-10-12(7-8-14(13)22-17)16-11(2)21-9-5-4-6-15(21)20-16/h7-8,10H,3-6,9H2,1-2H3,(H,18,19). The topological polar surface area (TPSA) is 55.9 Å². The van der Waals surface area contributed by atoms with E-state index in [-0.39, 0.29) is 0 Å². The lowest BCUT2D eigenvalue weighted by atomic mass is 10.1. The van der Waals surface area contributed by atoms with Crippen molar-refractivity contribution < 1.29 is 4.42 Å². The number of hydrogen-bond acceptors (Lipinski definition) is 4. The number of aryl methyl sites for hydroxylation is 1. The van der Waals surface area contributed by atoms with Gasteiger partial charge in [-0.15, -0.1) is 0 Å². The molecule has 22 heavy (non-hydrogen) atoms. The van der Waals surface area contributed by atoms with E-state index < -0.39 is 0 Å². The zero-order valence-electron chi connectivity index (χ0n) is 13.0. The fourth-order valence-corrected chi connectivity index (χ4v) is 3.21. The fraction of sp³-hybridized carbons (Fsp3) is 0.412. The summed E-state index contributed by atoms with van der Waals surface area (Å²) in [4.78, 5) is 9.35. The number of nitrogens with zero attached hydrogens (tertiary/aromatic N) is 3. The monoisotopic (exact) mass is 296 g/mol. The van der Waals surface area contributed by atoms with Crippen molar-refractivity contribution in [3.63, 3.8) is 0 Å². The number of aromatic nitrogens is 3. The summed E-state index contributed by atoms with van der Waals surface area (Å²) in [6, 6.07) is 6.71. The maximum Gasteiger partial charge on any atom is 0.295 e. The van der Waals surface area contributed by atoms with E-state index in [9.17, 15) is 0 Å². The van der Waals surface area contributed by atoms with Crippen LogP contribution in [0.15, 0.2) is 22.6 Å². The van der Waals surface area contributed by atoms with Crippen LogP contribution in [-0.2, 0) is 13.0 Å². The van der Waals surface area contributed by atoms with Crippen LogP contribution in [0.3, 0.4) is 0 Å². The fourth-order valence-electron chi connectivity index (χ4n) is 3.21. The Balaban J connectivity index is 1.79. The molecule has 0 atom stereocenters. The van der Waals surface area contributed by atoms with Crippen molar-refractivity contribution >= 4 is 17.1 Å². The minimum Gasteiger partial charge on any atom is -0.424 e. The molecule has 1 aromatic carbocycles. The SMILES string of the molecule is CCNc1nc2cc(-c3nc4n(c3C)CCCC4)ccc2o1. The minimum absolute atomic E-state index is 0.579. The van der Waals surface area contributed by atoms with E-state index in [4.69, 9.17) is 9.40 Å². The first-order valence-electron chi connectivity index (χ1n) is 7.97. The molecule has 114 valence electrons. The van der Waals surface area contributed by atoms with E-state index in [1.807, 2.05) is 13.0 Å². The number of rotatable bonds is 3. The van der Waals surface area contributed by atoms with Gasteiger partial charge in [-0.05, 0) is 44.9 Å². The van der Waals surface area contributed by atoms with Gasteiger partial charge in [-0.25, -0.2) is 4.98 Å². The summed E-state index contributed by atoms with van der Waals surface area (Å²) >= 11 is 0. The summed E-state index contributed by atoms with van der Waals surface area (Å²) < 4.78 is 8.02. The smallest absolute Gasteiger partial charge is 0.295 e. The highest BCUT2D eigenvalue weighted by Gasteiger charge is 2.18. The second-order valence-electron chi connectivity index (χ2n) is 5.80. The summed E-state index contributed by atoms with van der Waals surface area (Å²) in [5.74, 6) is 1.22. The summed E-state index contributed by atoms with van der Waals surface area (Å²) in [6.07, 6.45) is 3.57. The first-order valence-corrected chi connectivity index (χ1v) is 7.97. The number of fused-ring (bicyclic) bond motifs is 2. The third-order valence-corrected chi connectivity index (χ3v) is 4.32. The van der Waals surface area contributed by atoms with Crippen molar-refractivity contribution in [3.8, 4) is 11.3 Å². The molecule has 0 unspecified atom stereocenters. The Bertz CT molecular complexity index is 831. The Kier molecular flexibility index (Phi) is 3.13. The lowest BCUT2D eigenvalue weighted by molar-refractivity contribution is 0.514. The highest BCUT2D eigenvalue weighted by atomic mass is 16.4. The Hall–Kier alpha value is -2.30. The van der Waals surface area contributed by atoms with Crippen LogP contribution in [0.25, 0.3) is 22.4 Å². The number of hydrogen-bond donors (Lipinski definition) is 1. The van der Waals surface area contributed by atoms with Crippen LogP contribution in [0.5, 0.6) is 0 Å². The predicted molar refractivity (Wildman–Crippen MR) is 87.1 cm³/mol. The molecule has 1 aliphatic heterocycles. The van der Waals surface area contributed by atoms with Crippen LogP contribution < -0.4 is 5.32 Å². The number of oxazole rings is 1. The van der Waals surface area contributed by atoms with E-state index in [1.54, 1.807) is 0 Å². The Morgan fingerprint density at radius 3 is 3.00 bits per heavy atom. The zero-order valence-corrected chi connectivity index (χ0v) is 13.0. The lowest BCUT2D eigenvalue weighted by Gasteiger charge is -2.14. The number of anilines is 1. The summed E-state index contributed by atoms with van der Waals surface area (Å²) in [6.45, 7) is 6.07. The van der Waals surface area contributed by atoms with Gasteiger partial charge in [-0.3, -0.25) is 0 Å². The maximum absolute atomic E-state index is 5.66. The molecule has 0 radical (unpaired) electrons. The van der Waals surface area contributed by atoms with Gasteiger partial charge in [0.15, 0.2) is 5.58 Å². The van der Waals surface area contributed by atoms with Crippen molar-refractivity contribution in [2.45, 2.75) is 39.7 Å². The molecule has 0 aliphatic carbocycles. The van der Waals surface area contributed by atoms with Gasteiger partial charge in [0, 0.05) is 30.8 Å². The second-order valence-corrected chi connectivity index (χ2v) is 5.80. The van der Waals surface area contributed by atoms with Crippen molar-refractivity contribution in [1.29, 1.82) is 0 Å². The van der Waals surface area contributed by atoms with Gasteiger partial charge in [-0.1, -0.05) is 0 Å². The molecule has 2 aromatic heterocycles. The normalized spacial score (nSPS) is 14.3. The Labute approximate surface area is 129 Å². The van der Waals surface area contributed by atoms with Crippen LogP contribution >= 0.6 is 0 Å². The van der Waals surface area contributed by atoms with Gasteiger partial charge in [0.1, 0.15) is 11.3 Å². The second kappa shape index (κ2) is 5.16. The molecule has 3 heterocycles. The average Bonchev–Trinajstić information content (AvgIpc) is 3.08. The molecule has 0 amide bonds. The molecule has 0 spiro atoms. The Morgan fingerprint density at radius 1 is 1.27 bits per heavy atom. The van der Waals surface area contributed by atoms with E-state index in [2.05, 4.69) is 33.9 Å². The van der Waals surface area contributed by atoms with Crippen molar-refractivity contribution in [2.24, 2.45) is 0 Å². The third kappa shape index (κ3) is 2.08. The number of benzene rings is 1. The van der Waals surface area contributed by atoms with E-state index in [0.29, 0.717) is 6.01 Å². The van der Waals surface area contributed by atoms with Crippen molar-refractivity contribution in [3.05, 3.63) is 29.7 Å². The summed E-state index contributed by atoms with van der Waals surface area (Å²) in [5.41, 5.74) is 5.12. The van der Waals surface area contributed by atoms with E-state index in [1.165, 1.54) is 24.4 Å². The Morgan fingerprint density at radius 2 is 2.18 bits per heavy atom. The summed E-state index contributed by atoms with van der Waals surface area (Å²) in [5, 5.41) is 3.11. The first kappa shape index (κ1) is 13.4. The molecular weight excluding hydrogens is 276 g/mol. The predicted octanol–water partition coefficient (Wildman–Crippen LogP) is 3.77. The van der Waals surface area contributed by atoms with Crippen LogP contribution in [0.4, 0.5) is 6.01 Å². The van der Waals surface area contributed by atoms with Crippen molar-refractivity contribution in [2.75, 3.05) is 11.9 Å². The van der Waals surface area contributed by atoms with Crippen LogP contribution in [0.2, 0.25) is 0 Å². The molecule has 4 rings (SSSR count). The van der Waals surface area contributed by atoms with Gasteiger partial charge in [0.25, 0.3) is 6.01 Å². The lowest BCUT2D eigenvalue weighted by Crippen LogP contribution is -2.11. The van der Waals surface area contributed by atoms with Crippen LogP contribution in [0.1, 0.15) is 31.3 Å². The number of imidazole rings is 1. The average molecular weight is 296 g/mol. The number of nitrogens with one attached hydrogen (secondary N) is 1. The minimum atomic E-state index is 0.579. The van der Waals surface area contributed by atoms with E-state index >= 15 is 0 Å². The molecule has 1 N–H and O–H groups in total. The third-order valence-electron chi connectivity index (χ3n) is 4.32. The van der Waals surface area contributed by atoms with Gasteiger partial charge in [-0.2, -0.15) is 4.98 Å². The van der Waals surface area contributed by atoms with Gasteiger partial charge < -0.3 is 14.3 Å². The molecule has 1 aliphatic rings. The van der Waals surface area contributed by atoms with Crippen LogP contribution in [-0.4, -0.2) is 21.1 Å². The van der Waals surface area contributed by atoms with E-state index in [0.717, 1.165) is 41.9 Å². The summed E-state index contributed by atoms with van der Waals surface area (Å²) in [7, 11) is 0. The molecule has 0 fully saturated rings. The van der Waals surface area contributed by atoms with Gasteiger partial charge in [0.2, 0.25) is 0 Å². The van der Waals surface area contributed by atoms with Gasteiger partial charge in [0.05, 0.1) is 5.69 Å². The van der Waals surface area contributed by atoms with Crippen LogP contribution in [0, 0.1) is 6.92 Å². The molecule has 0 saturated carbocycles. The molecule has 0 saturated heterocycles. The molecule has 0 bridgehead atoms. The molecule has 3 aromatic rings. The molecule has 5 heteroatoms. The highest BCUT2D eigenvalue weighted by Crippen LogP contribution is 2.30. The first-order chi connectivity index (χ1) is 10.8.